The fourth-order valence-electron chi connectivity index (χ4n) is 2.69. The first-order chi connectivity index (χ1) is 9.40. The van der Waals surface area contributed by atoms with Crippen molar-refractivity contribution in [2.24, 2.45) is 5.92 Å². The number of hydrogen-bond acceptors (Lipinski definition) is 2. The van der Waals surface area contributed by atoms with E-state index in [1.54, 1.807) is 12.1 Å². The van der Waals surface area contributed by atoms with E-state index in [4.69, 9.17) is 5.26 Å². The highest BCUT2D eigenvalue weighted by Crippen LogP contribution is 2.38. The average molecular weight is 282 g/mol. The van der Waals surface area contributed by atoms with Crippen molar-refractivity contribution < 1.29 is 13.2 Å². The van der Waals surface area contributed by atoms with Crippen LogP contribution in [0.2, 0.25) is 0 Å². The second kappa shape index (κ2) is 5.74. The van der Waals surface area contributed by atoms with Crippen LogP contribution in [0.1, 0.15) is 36.8 Å². The van der Waals surface area contributed by atoms with E-state index >= 15 is 0 Å². The van der Waals surface area contributed by atoms with Crippen LogP contribution in [0.4, 0.5) is 18.9 Å². The Bertz CT molecular complexity index is 517. The van der Waals surface area contributed by atoms with Crippen molar-refractivity contribution in [3.05, 3.63) is 29.3 Å². The number of aryl methyl sites for hydroxylation is 1. The Morgan fingerprint density at radius 3 is 2.70 bits per heavy atom. The molecule has 1 fully saturated rings. The third-order valence-corrected chi connectivity index (χ3v) is 3.86. The summed E-state index contributed by atoms with van der Waals surface area (Å²) < 4.78 is 38.3. The number of nitriles is 1. The molecule has 1 aromatic carbocycles. The van der Waals surface area contributed by atoms with E-state index in [0.717, 1.165) is 17.7 Å². The van der Waals surface area contributed by atoms with Gasteiger partial charge in [-0.15, -0.1) is 0 Å². The normalized spacial score (nSPS) is 23.1. The smallest absolute Gasteiger partial charge is 0.382 e. The van der Waals surface area contributed by atoms with E-state index in [-0.39, 0.29) is 18.9 Å². The molecule has 2 unspecified atom stereocenters. The zero-order chi connectivity index (χ0) is 14.8. The summed E-state index contributed by atoms with van der Waals surface area (Å²) in [5.74, 6) is -1.21. The summed E-state index contributed by atoms with van der Waals surface area (Å²) in [5, 5.41) is 12.1. The maximum absolute atomic E-state index is 12.8. The molecule has 0 heterocycles. The van der Waals surface area contributed by atoms with Crippen LogP contribution in [0.15, 0.2) is 18.2 Å². The molecule has 1 N–H and O–H groups in total. The number of halogens is 3. The molecule has 2 rings (SSSR count). The van der Waals surface area contributed by atoms with Gasteiger partial charge < -0.3 is 5.32 Å². The van der Waals surface area contributed by atoms with Gasteiger partial charge in [0.05, 0.1) is 17.6 Å². The van der Waals surface area contributed by atoms with Crippen molar-refractivity contribution in [3.63, 3.8) is 0 Å². The Morgan fingerprint density at radius 2 is 2.05 bits per heavy atom. The topological polar surface area (TPSA) is 35.8 Å². The van der Waals surface area contributed by atoms with Crippen molar-refractivity contribution >= 4 is 5.69 Å². The highest BCUT2D eigenvalue weighted by atomic mass is 19.4. The van der Waals surface area contributed by atoms with E-state index in [0.29, 0.717) is 12.0 Å². The second-order valence-corrected chi connectivity index (χ2v) is 5.39. The standard InChI is InChI=1S/C15H17F3N2/c1-10-5-6-11(9-19)7-14(10)20-13-4-2-3-12(8-13)15(16,17)18/h5-7,12-13,20H,2-4,8H2,1H3. The molecule has 108 valence electrons. The van der Waals surface area contributed by atoms with Gasteiger partial charge in [0, 0.05) is 11.7 Å². The maximum Gasteiger partial charge on any atom is 0.391 e. The van der Waals surface area contributed by atoms with Crippen LogP contribution >= 0.6 is 0 Å². The zero-order valence-electron chi connectivity index (χ0n) is 11.3. The predicted octanol–water partition coefficient (Wildman–Crippen LogP) is 4.40. The first-order valence-electron chi connectivity index (χ1n) is 6.74. The van der Waals surface area contributed by atoms with Crippen LogP contribution in [0.3, 0.4) is 0 Å². The van der Waals surface area contributed by atoms with Crippen LogP contribution in [-0.2, 0) is 0 Å². The summed E-state index contributed by atoms with van der Waals surface area (Å²) in [6.07, 6.45) is -2.45. The Morgan fingerprint density at radius 1 is 1.30 bits per heavy atom. The fraction of sp³-hybridized carbons (Fsp3) is 0.533. The molecular formula is C15H17F3N2. The molecule has 0 bridgehead atoms. The minimum Gasteiger partial charge on any atom is -0.382 e. The first-order valence-corrected chi connectivity index (χ1v) is 6.74. The van der Waals surface area contributed by atoms with Crippen molar-refractivity contribution in [1.82, 2.24) is 0 Å². The SMILES string of the molecule is Cc1ccc(C#N)cc1NC1CCCC(C(F)(F)F)C1. The molecule has 2 nitrogen and oxygen atoms in total. The number of rotatable bonds is 2. The minimum absolute atomic E-state index is 0.111. The third-order valence-electron chi connectivity index (χ3n) is 3.86. The molecule has 0 radical (unpaired) electrons. The number of hydrogen-bond donors (Lipinski definition) is 1. The zero-order valence-corrected chi connectivity index (χ0v) is 11.3. The molecule has 1 aromatic rings. The van der Waals surface area contributed by atoms with E-state index in [9.17, 15) is 13.2 Å². The Balaban J connectivity index is 2.08. The molecule has 1 saturated carbocycles. The lowest BCUT2D eigenvalue weighted by Gasteiger charge is -2.32. The van der Waals surface area contributed by atoms with Gasteiger partial charge in [0.25, 0.3) is 0 Å². The van der Waals surface area contributed by atoms with Crippen molar-refractivity contribution in [2.45, 2.75) is 44.8 Å². The highest BCUT2D eigenvalue weighted by Gasteiger charge is 2.42. The molecule has 1 aliphatic carbocycles. The van der Waals surface area contributed by atoms with Gasteiger partial charge in [-0.1, -0.05) is 12.5 Å². The molecule has 5 heteroatoms. The Labute approximate surface area is 116 Å². The van der Waals surface area contributed by atoms with E-state index in [2.05, 4.69) is 5.32 Å². The molecule has 1 aliphatic rings. The Kier molecular flexibility index (Phi) is 4.22. The number of alkyl halides is 3. The number of anilines is 1. The van der Waals surface area contributed by atoms with E-state index < -0.39 is 12.1 Å². The molecule has 0 aromatic heterocycles. The van der Waals surface area contributed by atoms with Crippen LogP contribution in [0, 0.1) is 24.2 Å². The average Bonchev–Trinajstić information content (AvgIpc) is 2.41. The monoisotopic (exact) mass is 282 g/mol. The van der Waals surface area contributed by atoms with Crippen molar-refractivity contribution in [1.29, 1.82) is 5.26 Å². The van der Waals surface area contributed by atoms with Gasteiger partial charge in [0.15, 0.2) is 0 Å². The van der Waals surface area contributed by atoms with Crippen LogP contribution < -0.4 is 5.32 Å². The highest BCUT2D eigenvalue weighted by molar-refractivity contribution is 5.55. The largest absolute Gasteiger partial charge is 0.391 e. The lowest BCUT2D eigenvalue weighted by molar-refractivity contribution is -0.182. The predicted molar refractivity (Wildman–Crippen MR) is 71.3 cm³/mol. The van der Waals surface area contributed by atoms with E-state index in [1.807, 2.05) is 19.1 Å². The molecule has 20 heavy (non-hydrogen) atoms. The van der Waals surface area contributed by atoms with E-state index in [1.165, 1.54) is 0 Å². The fourth-order valence-corrected chi connectivity index (χ4v) is 2.69. The summed E-state index contributed by atoms with van der Waals surface area (Å²) >= 11 is 0. The minimum atomic E-state index is -4.11. The quantitative estimate of drug-likeness (QED) is 0.872. The summed E-state index contributed by atoms with van der Waals surface area (Å²) in [5.41, 5.74) is 2.22. The van der Waals surface area contributed by atoms with Gasteiger partial charge in [-0.25, -0.2) is 0 Å². The molecule has 0 spiro atoms. The summed E-state index contributed by atoms with van der Waals surface area (Å²) in [4.78, 5) is 0. The number of nitrogens with zero attached hydrogens (tertiary/aromatic N) is 1. The number of nitrogens with one attached hydrogen (secondary N) is 1. The van der Waals surface area contributed by atoms with Gasteiger partial charge in [-0.2, -0.15) is 18.4 Å². The summed E-state index contributed by atoms with van der Waals surface area (Å²) in [7, 11) is 0. The lowest BCUT2D eigenvalue weighted by atomic mass is 9.85. The number of benzene rings is 1. The molecule has 0 saturated heterocycles. The van der Waals surface area contributed by atoms with Crippen LogP contribution in [0.5, 0.6) is 0 Å². The first kappa shape index (κ1) is 14.7. The van der Waals surface area contributed by atoms with Gasteiger partial charge in [0.1, 0.15) is 0 Å². The summed E-state index contributed by atoms with van der Waals surface area (Å²) in [6.45, 7) is 1.88. The van der Waals surface area contributed by atoms with Crippen LogP contribution in [0.25, 0.3) is 0 Å². The third kappa shape index (κ3) is 3.44. The van der Waals surface area contributed by atoms with Gasteiger partial charge >= 0.3 is 6.18 Å². The molecule has 2 atom stereocenters. The lowest BCUT2D eigenvalue weighted by Crippen LogP contribution is -2.34. The molecule has 0 amide bonds. The summed E-state index contributed by atoms with van der Waals surface area (Å²) in [6, 6.07) is 7.09. The van der Waals surface area contributed by atoms with Crippen LogP contribution in [-0.4, -0.2) is 12.2 Å². The molecule has 0 aliphatic heterocycles. The van der Waals surface area contributed by atoms with Gasteiger partial charge in [-0.3, -0.25) is 0 Å². The van der Waals surface area contributed by atoms with Gasteiger partial charge in [-0.05, 0) is 43.9 Å². The maximum atomic E-state index is 12.8. The molecular weight excluding hydrogens is 265 g/mol. The second-order valence-electron chi connectivity index (χ2n) is 5.39. The van der Waals surface area contributed by atoms with Crippen molar-refractivity contribution in [2.75, 3.05) is 5.32 Å². The Hall–Kier alpha value is -1.70. The van der Waals surface area contributed by atoms with Crippen molar-refractivity contribution in [3.8, 4) is 6.07 Å². The van der Waals surface area contributed by atoms with Gasteiger partial charge in [0.2, 0.25) is 0 Å².